The molecule has 0 aliphatic rings. The van der Waals surface area contributed by atoms with E-state index in [0.717, 1.165) is 15.6 Å². The molecule has 0 spiro atoms. The number of hydrogen-bond donors (Lipinski definition) is 3. The van der Waals surface area contributed by atoms with Crippen LogP contribution in [0.25, 0.3) is 28.0 Å². The summed E-state index contributed by atoms with van der Waals surface area (Å²) < 4.78 is 6.12. The third-order valence-electron chi connectivity index (χ3n) is 4.14. The van der Waals surface area contributed by atoms with E-state index in [-0.39, 0.29) is 0 Å². The van der Waals surface area contributed by atoms with Crippen molar-refractivity contribution in [2.45, 2.75) is 0 Å². The van der Waals surface area contributed by atoms with Crippen molar-refractivity contribution in [3.8, 4) is 5.75 Å². The summed E-state index contributed by atoms with van der Waals surface area (Å²) in [6, 6.07) is 14.9. The van der Waals surface area contributed by atoms with Gasteiger partial charge in [-0.1, -0.05) is 30.3 Å². The number of aromatic nitrogens is 3. The van der Waals surface area contributed by atoms with E-state index < -0.39 is 11.2 Å². The Morgan fingerprint density at radius 2 is 1.85 bits per heavy atom. The monoisotopic (exact) mass is 348 g/mol. The smallest absolute Gasteiger partial charge is 0.348 e. The molecule has 2 aromatic heterocycles. The number of rotatable bonds is 4. The quantitative estimate of drug-likeness (QED) is 0.528. The molecule has 7 nitrogen and oxygen atoms in total. The van der Waals surface area contributed by atoms with Crippen molar-refractivity contribution in [1.82, 2.24) is 14.6 Å². The van der Waals surface area contributed by atoms with Crippen LogP contribution in [-0.4, -0.2) is 21.8 Å². The van der Waals surface area contributed by atoms with Crippen molar-refractivity contribution in [2.75, 3.05) is 12.5 Å². The fourth-order valence-corrected chi connectivity index (χ4v) is 2.85. The molecule has 4 rings (SSSR count). The average Bonchev–Trinajstić information content (AvgIpc) is 3.03. The van der Waals surface area contributed by atoms with Crippen molar-refractivity contribution in [1.29, 1.82) is 0 Å². The molecule has 0 unspecified atom stereocenters. The molecule has 7 heteroatoms. The second-order valence-electron chi connectivity index (χ2n) is 5.73. The summed E-state index contributed by atoms with van der Waals surface area (Å²) in [4.78, 5) is 30.8. The second-order valence-corrected chi connectivity index (χ2v) is 5.73. The zero-order valence-electron chi connectivity index (χ0n) is 13.9. The van der Waals surface area contributed by atoms with Crippen LogP contribution in [0.4, 0.5) is 0 Å². The minimum Gasteiger partial charge on any atom is -0.497 e. The van der Waals surface area contributed by atoms with Crippen LogP contribution in [0.1, 0.15) is 5.56 Å². The molecule has 2 heterocycles. The number of H-pyrrole nitrogens is 2. The summed E-state index contributed by atoms with van der Waals surface area (Å²) >= 11 is 0. The highest BCUT2D eigenvalue weighted by Crippen LogP contribution is 2.24. The maximum Gasteiger partial charge on any atom is 0.348 e. The van der Waals surface area contributed by atoms with Gasteiger partial charge in [-0.2, -0.15) is 4.68 Å². The predicted octanol–water partition coefficient (Wildman–Crippen LogP) is 2.39. The number of ether oxygens (including phenoxy) is 1. The highest BCUT2D eigenvalue weighted by atomic mass is 16.5. The van der Waals surface area contributed by atoms with Gasteiger partial charge in [-0.25, -0.2) is 4.79 Å². The molecule has 0 aliphatic heterocycles. The zero-order valence-corrected chi connectivity index (χ0v) is 13.9. The van der Waals surface area contributed by atoms with E-state index in [0.29, 0.717) is 22.3 Å². The highest BCUT2D eigenvalue weighted by molar-refractivity contribution is 6.04. The lowest BCUT2D eigenvalue weighted by atomic mass is 10.2. The maximum atomic E-state index is 12.7. The molecule has 0 atom stereocenters. The highest BCUT2D eigenvalue weighted by Gasteiger charge is 2.12. The van der Waals surface area contributed by atoms with Gasteiger partial charge in [-0.15, -0.1) is 0 Å². The largest absolute Gasteiger partial charge is 0.497 e. The molecular formula is C19H16N4O3. The Hall–Kier alpha value is -3.74. The van der Waals surface area contributed by atoms with Gasteiger partial charge < -0.3 is 14.7 Å². The first-order chi connectivity index (χ1) is 12.7. The maximum absolute atomic E-state index is 12.7. The molecule has 0 aliphatic carbocycles. The van der Waals surface area contributed by atoms with Crippen LogP contribution in [0.2, 0.25) is 0 Å². The van der Waals surface area contributed by atoms with E-state index >= 15 is 0 Å². The number of hydrogen-bond acceptors (Lipinski definition) is 4. The first-order valence-corrected chi connectivity index (χ1v) is 8.00. The number of nitrogens with one attached hydrogen (secondary N) is 3. The van der Waals surface area contributed by atoms with E-state index in [2.05, 4.69) is 15.4 Å². The number of benzene rings is 2. The molecule has 26 heavy (non-hydrogen) atoms. The van der Waals surface area contributed by atoms with E-state index in [1.54, 1.807) is 37.6 Å². The molecule has 4 aromatic rings. The minimum atomic E-state index is -0.545. The van der Waals surface area contributed by atoms with Crippen LogP contribution < -0.4 is 21.4 Å². The Labute approximate surface area is 147 Å². The SMILES string of the molecule is COc1ccc2c(c1)[nH]c1c(=O)n(N/C=C/c3ccccc3)c(=O)[nH]c12. The molecule has 0 fully saturated rings. The molecule has 0 radical (unpaired) electrons. The van der Waals surface area contributed by atoms with Crippen molar-refractivity contribution in [3.05, 3.63) is 81.1 Å². The summed E-state index contributed by atoms with van der Waals surface area (Å²) in [6.45, 7) is 0. The second kappa shape index (κ2) is 6.29. The zero-order chi connectivity index (χ0) is 18.1. The predicted molar refractivity (Wildman–Crippen MR) is 102 cm³/mol. The van der Waals surface area contributed by atoms with Crippen LogP contribution in [-0.2, 0) is 0 Å². The lowest BCUT2D eigenvalue weighted by Crippen LogP contribution is -2.39. The van der Waals surface area contributed by atoms with Gasteiger partial charge in [-0.3, -0.25) is 10.2 Å². The first kappa shape index (κ1) is 15.8. The summed E-state index contributed by atoms with van der Waals surface area (Å²) in [5, 5.41) is 0.752. The van der Waals surface area contributed by atoms with Gasteiger partial charge in [0.25, 0.3) is 5.56 Å². The minimum absolute atomic E-state index is 0.313. The van der Waals surface area contributed by atoms with E-state index in [4.69, 9.17) is 4.74 Å². The van der Waals surface area contributed by atoms with Crippen LogP contribution in [0.5, 0.6) is 5.75 Å². The first-order valence-electron chi connectivity index (χ1n) is 8.00. The number of nitrogens with zero attached hydrogens (tertiary/aromatic N) is 1. The van der Waals surface area contributed by atoms with Crippen LogP contribution >= 0.6 is 0 Å². The van der Waals surface area contributed by atoms with Gasteiger partial charge in [0.1, 0.15) is 11.3 Å². The lowest BCUT2D eigenvalue weighted by molar-refractivity contribution is 0.415. The summed E-state index contributed by atoms with van der Waals surface area (Å²) in [7, 11) is 1.57. The molecule has 0 saturated carbocycles. The molecule has 2 aromatic carbocycles. The van der Waals surface area contributed by atoms with Crippen molar-refractivity contribution in [3.63, 3.8) is 0 Å². The summed E-state index contributed by atoms with van der Waals surface area (Å²) in [5.74, 6) is 0.663. The van der Waals surface area contributed by atoms with Crippen molar-refractivity contribution >= 4 is 28.0 Å². The summed E-state index contributed by atoms with van der Waals surface area (Å²) in [5.41, 5.74) is 4.17. The third kappa shape index (κ3) is 2.65. The average molecular weight is 348 g/mol. The van der Waals surface area contributed by atoms with Crippen LogP contribution in [0.3, 0.4) is 0 Å². The van der Waals surface area contributed by atoms with E-state index in [1.807, 2.05) is 30.3 Å². The topological polar surface area (TPSA) is 91.9 Å². The standard InChI is InChI=1S/C19H16N4O3/c1-26-13-7-8-14-15(11-13)21-17-16(14)22-19(25)23(18(17)24)20-10-9-12-5-3-2-4-6-12/h2-11,20-21H,1H3,(H,22,25)/b10-9+. The number of methoxy groups -OCH3 is 1. The van der Waals surface area contributed by atoms with Crippen LogP contribution in [0.15, 0.2) is 64.3 Å². The van der Waals surface area contributed by atoms with Crippen molar-refractivity contribution < 1.29 is 4.74 Å². The van der Waals surface area contributed by atoms with Crippen molar-refractivity contribution in [2.24, 2.45) is 0 Å². The number of aromatic amines is 2. The van der Waals surface area contributed by atoms with Gasteiger partial charge >= 0.3 is 5.69 Å². The van der Waals surface area contributed by atoms with Gasteiger partial charge in [0.2, 0.25) is 0 Å². The summed E-state index contributed by atoms with van der Waals surface area (Å²) in [6.07, 6.45) is 3.32. The van der Waals surface area contributed by atoms with Gasteiger partial charge in [0, 0.05) is 17.7 Å². The Morgan fingerprint density at radius 3 is 2.62 bits per heavy atom. The molecule has 0 saturated heterocycles. The van der Waals surface area contributed by atoms with E-state index in [1.165, 1.54) is 0 Å². The van der Waals surface area contributed by atoms with Gasteiger partial charge in [0.15, 0.2) is 0 Å². The Morgan fingerprint density at radius 1 is 1.04 bits per heavy atom. The fraction of sp³-hybridized carbons (Fsp3) is 0.0526. The Kier molecular flexibility index (Phi) is 3.81. The normalized spacial score (nSPS) is 11.4. The molecule has 130 valence electrons. The van der Waals surface area contributed by atoms with Gasteiger partial charge in [0.05, 0.1) is 18.1 Å². The van der Waals surface area contributed by atoms with Crippen LogP contribution in [0, 0.1) is 0 Å². The fourth-order valence-electron chi connectivity index (χ4n) is 2.85. The Bertz CT molecular complexity index is 1230. The lowest BCUT2D eigenvalue weighted by Gasteiger charge is -2.03. The Balaban J connectivity index is 1.78. The molecular weight excluding hydrogens is 332 g/mol. The molecule has 0 amide bonds. The molecule has 0 bridgehead atoms. The van der Waals surface area contributed by atoms with Gasteiger partial charge in [-0.05, 0) is 23.8 Å². The number of fused-ring (bicyclic) bond motifs is 3. The molecule has 3 N–H and O–H groups in total. The third-order valence-corrected chi connectivity index (χ3v) is 4.14. The van der Waals surface area contributed by atoms with E-state index in [9.17, 15) is 9.59 Å².